The molecule has 2 heterocycles. The van der Waals surface area contributed by atoms with Crippen molar-refractivity contribution in [3.05, 3.63) is 179 Å². The van der Waals surface area contributed by atoms with Crippen LogP contribution in [-0.2, 0) is 16.9 Å². The molecule has 0 saturated heterocycles. The molecule has 9 heteroatoms. The molecule has 1 amide bonds. The van der Waals surface area contributed by atoms with Gasteiger partial charge in [-0.1, -0.05) is 121 Å². The summed E-state index contributed by atoms with van der Waals surface area (Å²) in [5.41, 5.74) is 9.86. The third-order valence-electron chi connectivity index (χ3n) is 8.09. The number of nitrogens with two attached hydrogens (primary N) is 1. The Morgan fingerprint density at radius 3 is 1.78 bits per heavy atom. The van der Waals surface area contributed by atoms with Crippen LogP contribution in [0, 0.1) is 5.82 Å². The van der Waals surface area contributed by atoms with Crippen LogP contribution in [0.1, 0.15) is 33.6 Å². The fourth-order valence-electron chi connectivity index (χ4n) is 6.09. The van der Waals surface area contributed by atoms with Gasteiger partial charge in [0, 0.05) is 11.1 Å². The first-order valence-electron chi connectivity index (χ1n) is 14.5. The monoisotopic (exact) mass is 593 g/mol. The van der Waals surface area contributed by atoms with E-state index in [4.69, 9.17) is 5.73 Å². The van der Waals surface area contributed by atoms with Gasteiger partial charge in [-0.15, -0.1) is 5.10 Å². The molecule has 0 bridgehead atoms. The summed E-state index contributed by atoms with van der Waals surface area (Å²) in [6, 6.07) is 43.6. The molecule has 2 N–H and O–H groups in total. The number of hydrogen-bond donors (Lipinski definition) is 1. The summed E-state index contributed by atoms with van der Waals surface area (Å²) in [6.07, 6.45) is -1.28. The Morgan fingerprint density at radius 1 is 0.689 bits per heavy atom. The predicted octanol–water partition coefficient (Wildman–Crippen LogP) is 5.32. The van der Waals surface area contributed by atoms with Crippen molar-refractivity contribution in [2.24, 2.45) is 10.7 Å². The molecular formula is C36H28FN7O. The van der Waals surface area contributed by atoms with E-state index in [0.717, 1.165) is 16.7 Å². The maximum absolute atomic E-state index is 15.0. The number of para-hydroxylation sites is 1. The standard InChI is InChI=1S/C36H28FN7O/c37-30-22-12-10-20-28(30)33-29-21-11-13-23-31(29)43(35(45)34(38)39-33)24-32-40-41-42-44(32)36(25-14-4-1-5-15-25,26-16-6-2-7-17-26)27-18-8-3-9-19-27/h1-23,34H,24,38H2. The molecule has 0 spiro atoms. The van der Waals surface area contributed by atoms with Gasteiger partial charge in [0.05, 0.1) is 17.9 Å². The summed E-state index contributed by atoms with van der Waals surface area (Å²) in [4.78, 5) is 20.0. The zero-order valence-corrected chi connectivity index (χ0v) is 24.1. The number of anilines is 1. The van der Waals surface area contributed by atoms with Crippen molar-refractivity contribution in [2.45, 2.75) is 18.2 Å². The number of amides is 1. The molecule has 6 aromatic rings. The van der Waals surface area contributed by atoms with Crippen molar-refractivity contribution >= 4 is 17.3 Å². The summed E-state index contributed by atoms with van der Waals surface area (Å²) in [5.74, 6) is -0.509. The lowest BCUT2D eigenvalue weighted by Crippen LogP contribution is -2.44. The lowest BCUT2D eigenvalue weighted by atomic mass is 9.77. The first kappa shape index (κ1) is 28.0. The second kappa shape index (κ2) is 11.7. The number of tetrazole rings is 1. The molecule has 45 heavy (non-hydrogen) atoms. The van der Waals surface area contributed by atoms with Gasteiger partial charge in [0.2, 0.25) is 0 Å². The molecule has 1 atom stereocenters. The highest BCUT2D eigenvalue weighted by atomic mass is 19.1. The smallest absolute Gasteiger partial charge is 0.266 e. The predicted molar refractivity (Wildman–Crippen MR) is 170 cm³/mol. The van der Waals surface area contributed by atoms with Gasteiger partial charge in [-0.3, -0.25) is 9.79 Å². The number of hydrogen-bond acceptors (Lipinski definition) is 6. The normalized spacial score (nSPS) is 14.9. The highest BCUT2D eigenvalue weighted by Gasteiger charge is 2.42. The highest BCUT2D eigenvalue weighted by molar-refractivity contribution is 6.20. The molecule has 8 nitrogen and oxygen atoms in total. The molecule has 0 fully saturated rings. The van der Waals surface area contributed by atoms with Crippen molar-refractivity contribution in [3.63, 3.8) is 0 Å². The van der Waals surface area contributed by atoms with E-state index in [1.54, 1.807) is 28.9 Å². The zero-order valence-electron chi connectivity index (χ0n) is 24.1. The summed E-state index contributed by atoms with van der Waals surface area (Å²) in [5, 5.41) is 13.2. The van der Waals surface area contributed by atoms with Crippen molar-refractivity contribution < 1.29 is 9.18 Å². The molecule has 1 aliphatic heterocycles. The molecule has 0 saturated carbocycles. The van der Waals surface area contributed by atoms with E-state index in [1.807, 2.05) is 109 Å². The van der Waals surface area contributed by atoms with Crippen LogP contribution in [0.5, 0.6) is 0 Å². The van der Waals surface area contributed by atoms with E-state index >= 15 is 4.39 Å². The third-order valence-corrected chi connectivity index (χ3v) is 8.09. The first-order valence-corrected chi connectivity index (χ1v) is 14.5. The second-order valence-electron chi connectivity index (χ2n) is 10.7. The van der Waals surface area contributed by atoms with Crippen molar-refractivity contribution in [2.75, 3.05) is 4.90 Å². The molecular weight excluding hydrogens is 565 g/mol. The van der Waals surface area contributed by atoms with E-state index in [9.17, 15) is 4.79 Å². The number of aromatic nitrogens is 4. The molecule has 5 aromatic carbocycles. The van der Waals surface area contributed by atoms with Gasteiger partial charge in [-0.2, -0.15) is 0 Å². The molecule has 1 aliphatic rings. The quantitative estimate of drug-likeness (QED) is 0.253. The molecule has 0 aliphatic carbocycles. The second-order valence-corrected chi connectivity index (χ2v) is 10.7. The van der Waals surface area contributed by atoms with Gasteiger partial charge < -0.3 is 10.6 Å². The summed E-state index contributed by atoms with van der Waals surface area (Å²) >= 11 is 0. The van der Waals surface area contributed by atoms with Crippen LogP contribution in [0.25, 0.3) is 0 Å². The van der Waals surface area contributed by atoms with Crippen LogP contribution in [0.2, 0.25) is 0 Å². The van der Waals surface area contributed by atoms with E-state index in [0.29, 0.717) is 22.8 Å². The summed E-state index contributed by atoms with van der Waals surface area (Å²) < 4.78 is 16.8. The number of carbonyl (C=O) groups is 1. The van der Waals surface area contributed by atoms with E-state index < -0.39 is 23.4 Å². The van der Waals surface area contributed by atoms with Gasteiger partial charge in [0.1, 0.15) is 11.4 Å². The van der Waals surface area contributed by atoms with Crippen molar-refractivity contribution in [3.8, 4) is 0 Å². The number of nitrogens with zero attached hydrogens (tertiary/aromatic N) is 6. The van der Waals surface area contributed by atoms with Crippen molar-refractivity contribution in [1.29, 1.82) is 0 Å². The average molecular weight is 594 g/mol. The number of carbonyl (C=O) groups excluding carboxylic acids is 1. The molecule has 1 unspecified atom stereocenters. The SMILES string of the molecule is NC1N=C(c2ccccc2F)c2ccccc2N(Cc2nnnn2C(c2ccccc2)(c2ccccc2)c2ccccc2)C1=O. The highest BCUT2D eigenvalue weighted by Crippen LogP contribution is 2.41. The van der Waals surface area contributed by atoms with Gasteiger partial charge in [0.25, 0.3) is 5.91 Å². The maximum atomic E-state index is 15.0. The van der Waals surface area contributed by atoms with Gasteiger partial charge in [-0.25, -0.2) is 9.07 Å². The zero-order chi connectivity index (χ0) is 30.8. The van der Waals surface area contributed by atoms with E-state index in [2.05, 4.69) is 20.5 Å². The third kappa shape index (κ3) is 4.79. The van der Waals surface area contributed by atoms with Crippen LogP contribution in [0.15, 0.2) is 145 Å². The Hall–Kier alpha value is -5.80. The van der Waals surface area contributed by atoms with Gasteiger partial charge in [0.15, 0.2) is 12.0 Å². The van der Waals surface area contributed by atoms with Crippen LogP contribution >= 0.6 is 0 Å². The Balaban J connectivity index is 1.42. The number of halogens is 1. The minimum Gasteiger partial charge on any atom is -0.302 e. The Kier molecular flexibility index (Phi) is 7.28. The van der Waals surface area contributed by atoms with Crippen LogP contribution in [0.4, 0.5) is 10.1 Å². The lowest BCUT2D eigenvalue weighted by molar-refractivity contribution is -0.119. The van der Waals surface area contributed by atoms with Crippen LogP contribution in [-0.4, -0.2) is 38.0 Å². The maximum Gasteiger partial charge on any atom is 0.266 e. The molecule has 0 radical (unpaired) electrons. The number of rotatable bonds is 7. The van der Waals surface area contributed by atoms with E-state index in [-0.39, 0.29) is 12.1 Å². The Morgan fingerprint density at radius 2 is 1.20 bits per heavy atom. The van der Waals surface area contributed by atoms with Crippen LogP contribution in [0.3, 0.4) is 0 Å². The minimum absolute atomic E-state index is 0.0229. The van der Waals surface area contributed by atoms with Gasteiger partial charge in [-0.05, 0) is 45.3 Å². The van der Waals surface area contributed by atoms with Gasteiger partial charge >= 0.3 is 0 Å². The first-order chi connectivity index (χ1) is 22.1. The topological polar surface area (TPSA) is 102 Å². The molecule has 1 aromatic heterocycles. The fourth-order valence-corrected chi connectivity index (χ4v) is 6.09. The average Bonchev–Trinajstić information content (AvgIpc) is 3.53. The Bertz CT molecular complexity index is 1900. The summed E-state index contributed by atoms with van der Waals surface area (Å²) in [6.45, 7) is -0.0229. The Labute approximate surface area is 259 Å². The number of fused-ring (bicyclic) bond motifs is 1. The number of benzene rings is 5. The van der Waals surface area contributed by atoms with E-state index in [1.165, 1.54) is 11.0 Å². The largest absolute Gasteiger partial charge is 0.302 e. The fraction of sp³-hybridized carbons (Fsp3) is 0.0833. The number of benzodiazepines with no additional fused rings is 1. The number of aliphatic imine (C=N–C) groups is 1. The molecule has 220 valence electrons. The minimum atomic E-state index is -1.28. The summed E-state index contributed by atoms with van der Waals surface area (Å²) in [7, 11) is 0. The van der Waals surface area contributed by atoms with Crippen LogP contribution < -0.4 is 10.6 Å². The van der Waals surface area contributed by atoms with Crippen molar-refractivity contribution in [1.82, 2.24) is 20.2 Å². The lowest BCUT2D eigenvalue weighted by Gasteiger charge is -2.37. The molecule has 7 rings (SSSR count).